The van der Waals surface area contributed by atoms with Crippen molar-refractivity contribution < 1.29 is 14.6 Å². The third-order valence-corrected chi connectivity index (χ3v) is 3.00. The minimum Gasteiger partial charge on any atom is -0.449 e. The number of amides is 1. The molecule has 0 radical (unpaired) electrons. The zero-order valence-corrected chi connectivity index (χ0v) is 11.1. The van der Waals surface area contributed by atoms with Gasteiger partial charge in [0.05, 0.1) is 6.61 Å². The Morgan fingerprint density at radius 1 is 1.33 bits per heavy atom. The molecular formula is C14H21NO3. The number of hydrogen-bond donors (Lipinski definition) is 2. The van der Waals surface area contributed by atoms with Crippen molar-refractivity contribution in [1.29, 1.82) is 0 Å². The van der Waals surface area contributed by atoms with Crippen LogP contribution in [-0.2, 0) is 11.3 Å². The Hall–Kier alpha value is -1.55. The molecule has 1 atom stereocenters. The number of hydrogen-bond acceptors (Lipinski definition) is 3. The van der Waals surface area contributed by atoms with E-state index in [9.17, 15) is 4.79 Å². The van der Waals surface area contributed by atoms with Crippen LogP contribution in [0.3, 0.4) is 0 Å². The lowest BCUT2D eigenvalue weighted by Gasteiger charge is -2.30. The third-order valence-electron chi connectivity index (χ3n) is 3.00. The van der Waals surface area contributed by atoms with Crippen molar-refractivity contribution in [2.45, 2.75) is 33.3 Å². The summed E-state index contributed by atoms with van der Waals surface area (Å²) in [5.74, 6) is 0.0674. The fourth-order valence-corrected chi connectivity index (χ4v) is 1.87. The van der Waals surface area contributed by atoms with Crippen molar-refractivity contribution in [3.8, 4) is 0 Å². The molecular weight excluding hydrogens is 230 g/mol. The maximum Gasteiger partial charge on any atom is 0.404 e. The first-order valence-electron chi connectivity index (χ1n) is 5.96. The summed E-state index contributed by atoms with van der Waals surface area (Å²) in [7, 11) is 0. The van der Waals surface area contributed by atoms with Crippen molar-refractivity contribution in [3.05, 3.63) is 35.4 Å². The van der Waals surface area contributed by atoms with Crippen molar-refractivity contribution in [2.75, 3.05) is 6.61 Å². The molecule has 0 aliphatic carbocycles. The minimum absolute atomic E-state index is 0.0260. The Kier molecular flexibility index (Phi) is 4.73. The fourth-order valence-electron chi connectivity index (χ4n) is 1.87. The van der Waals surface area contributed by atoms with Crippen LogP contribution < -0.4 is 5.73 Å². The molecule has 0 saturated carbocycles. The molecule has 100 valence electrons. The van der Waals surface area contributed by atoms with E-state index in [4.69, 9.17) is 15.6 Å². The van der Waals surface area contributed by atoms with Gasteiger partial charge in [-0.3, -0.25) is 0 Å². The number of benzene rings is 1. The fraction of sp³-hybridized carbons (Fsp3) is 0.500. The molecule has 0 aliphatic heterocycles. The normalized spacial score (nSPS) is 13.1. The number of carbonyl (C=O) groups is 1. The lowest BCUT2D eigenvalue weighted by Crippen LogP contribution is -2.26. The third kappa shape index (κ3) is 4.04. The predicted octanol–water partition coefficient (Wildman–Crippen LogP) is 2.40. The number of primary amides is 1. The van der Waals surface area contributed by atoms with Gasteiger partial charge >= 0.3 is 6.09 Å². The van der Waals surface area contributed by atoms with Crippen LogP contribution >= 0.6 is 0 Å². The average molecular weight is 251 g/mol. The summed E-state index contributed by atoms with van der Waals surface area (Å²) in [6.07, 6.45) is -0.753. The Labute approximate surface area is 108 Å². The van der Waals surface area contributed by atoms with Crippen LogP contribution in [0.25, 0.3) is 0 Å². The molecule has 0 fully saturated rings. The maximum absolute atomic E-state index is 10.7. The van der Waals surface area contributed by atoms with Gasteiger partial charge in [0.25, 0.3) is 0 Å². The summed E-state index contributed by atoms with van der Waals surface area (Å²) in [5.41, 5.74) is 6.90. The van der Waals surface area contributed by atoms with Crippen LogP contribution in [0, 0.1) is 5.41 Å². The van der Waals surface area contributed by atoms with Crippen molar-refractivity contribution in [2.24, 2.45) is 11.1 Å². The predicted molar refractivity (Wildman–Crippen MR) is 70.1 cm³/mol. The lowest BCUT2D eigenvalue weighted by atomic mass is 9.77. The molecule has 18 heavy (non-hydrogen) atoms. The number of aliphatic hydroxyl groups excluding tert-OH is 1. The Morgan fingerprint density at radius 2 is 1.89 bits per heavy atom. The number of ether oxygens (including phenoxy) is 1. The van der Waals surface area contributed by atoms with Gasteiger partial charge in [-0.15, -0.1) is 0 Å². The summed E-state index contributed by atoms with van der Waals surface area (Å²) < 4.78 is 4.93. The quantitative estimate of drug-likeness (QED) is 0.863. The Balaban J connectivity index is 2.90. The molecule has 1 aromatic rings. The van der Waals surface area contributed by atoms with Gasteiger partial charge in [0, 0.05) is 5.92 Å². The minimum atomic E-state index is -0.753. The van der Waals surface area contributed by atoms with Gasteiger partial charge < -0.3 is 15.6 Å². The Bertz CT molecular complexity index is 392. The number of rotatable bonds is 4. The number of nitrogens with two attached hydrogens (primary N) is 1. The summed E-state index contributed by atoms with van der Waals surface area (Å²) in [5, 5.41) is 9.02. The zero-order chi connectivity index (χ0) is 13.8. The molecule has 0 bridgehead atoms. The first kappa shape index (κ1) is 14.5. The van der Waals surface area contributed by atoms with Gasteiger partial charge in [0.15, 0.2) is 0 Å². The van der Waals surface area contributed by atoms with Crippen LogP contribution in [0.2, 0.25) is 0 Å². The first-order valence-corrected chi connectivity index (χ1v) is 5.96. The highest BCUT2D eigenvalue weighted by molar-refractivity contribution is 5.64. The SMILES string of the molecule is CC(C)(C)C(COC(N)=O)c1ccc(CO)cc1. The molecule has 0 heterocycles. The molecule has 1 aromatic carbocycles. The highest BCUT2D eigenvalue weighted by Crippen LogP contribution is 2.35. The standard InChI is InChI=1S/C14H21NO3/c1-14(2,3)12(9-18-13(15)17)11-6-4-10(8-16)5-7-11/h4-7,12,16H,8-9H2,1-3H3,(H2,15,17). The topological polar surface area (TPSA) is 72.5 Å². The largest absolute Gasteiger partial charge is 0.449 e. The highest BCUT2D eigenvalue weighted by Gasteiger charge is 2.27. The highest BCUT2D eigenvalue weighted by atomic mass is 16.5. The van der Waals surface area contributed by atoms with Crippen molar-refractivity contribution in [3.63, 3.8) is 0 Å². The van der Waals surface area contributed by atoms with E-state index in [0.29, 0.717) is 0 Å². The molecule has 1 rings (SSSR count). The van der Waals surface area contributed by atoms with Gasteiger partial charge in [-0.05, 0) is 16.5 Å². The van der Waals surface area contributed by atoms with Crippen LogP contribution in [-0.4, -0.2) is 17.8 Å². The van der Waals surface area contributed by atoms with Crippen molar-refractivity contribution >= 4 is 6.09 Å². The summed E-state index contributed by atoms with van der Waals surface area (Å²) in [6, 6.07) is 7.65. The van der Waals surface area contributed by atoms with E-state index in [1.807, 2.05) is 24.3 Å². The molecule has 0 spiro atoms. The van der Waals surface area contributed by atoms with Crippen LogP contribution in [0.5, 0.6) is 0 Å². The van der Waals surface area contributed by atoms with E-state index < -0.39 is 6.09 Å². The molecule has 1 unspecified atom stereocenters. The molecule has 4 nitrogen and oxygen atoms in total. The molecule has 1 amide bonds. The van der Waals surface area contributed by atoms with Gasteiger partial charge in [-0.25, -0.2) is 4.79 Å². The monoisotopic (exact) mass is 251 g/mol. The number of carbonyl (C=O) groups excluding carboxylic acids is 1. The lowest BCUT2D eigenvalue weighted by molar-refractivity contribution is 0.126. The van der Waals surface area contributed by atoms with Crippen LogP contribution in [0.1, 0.15) is 37.8 Å². The maximum atomic E-state index is 10.7. The zero-order valence-electron chi connectivity index (χ0n) is 11.1. The smallest absolute Gasteiger partial charge is 0.404 e. The molecule has 0 aromatic heterocycles. The van der Waals surface area contributed by atoms with E-state index in [1.54, 1.807) is 0 Å². The molecule has 0 saturated heterocycles. The van der Waals surface area contributed by atoms with E-state index in [1.165, 1.54) is 0 Å². The molecule has 4 heteroatoms. The second-order valence-corrected chi connectivity index (χ2v) is 5.45. The van der Waals surface area contributed by atoms with Gasteiger partial charge in [0.1, 0.15) is 6.61 Å². The van der Waals surface area contributed by atoms with Crippen LogP contribution in [0.15, 0.2) is 24.3 Å². The second-order valence-electron chi connectivity index (χ2n) is 5.45. The van der Waals surface area contributed by atoms with Crippen molar-refractivity contribution in [1.82, 2.24) is 0 Å². The summed E-state index contributed by atoms with van der Waals surface area (Å²) in [6.45, 7) is 6.54. The second kappa shape index (κ2) is 5.87. The summed E-state index contributed by atoms with van der Waals surface area (Å²) in [4.78, 5) is 10.7. The van der Waals surface area contributed by atoms with Crippen LogP contribution in [0.4, 0.5) is 4.79 Å². The molecule has 3 N–H and O–H groups in total. The Morgan fingerprint density at radius 3 is 2.28 bits per heavy atom. The van der Waals surface area contributed by atoms with E-state index in [0.717, 1.165) is 11.1 Å². The van der Waals surface area contributed by atoms with E-state index in [-0.39, 0.29) is 24.5 Å². The average Bonchev–Trinajstić information content (AvgIpc) is 2.28. The van der Waals surface area contributed by atoms with Gasteiger partial charge in [-0.1, -0.05) is 45.0 Å². The van der Waals surface area contributed by atoms with Gasteiger partial charge in [0.2, 0.25) is 0 Å². The van der Waals surface area contributed by atoms with E-state index >= 15 is 0 Å². The van der Waals surface area contributed by atoms with E-state index in [2.05, 4.69) is 20.8 Å². The van der Waals surface area contributed by atoms with Gasteiger partial charge in [-0.2, -0.15) is 0 Å². The molecule has 0 aliphatic rings. The number of aliphatic hydroxyl groups is 1. The first-order chi connectivity index (χ1) is 8.34. The summed E-state index contributed by atoms with van der Waals surface area (Å²) >= 11 is 0.